The van der Waals surface area contributed by atoms with Crippen molar-refractivity contribution in [1.82, 2.24) is 19.6 Å². The van der Waals surface area contributed by atoms with Crippen molar-refractivity contribution in [2.75, 3.05) is 5.32 Å². The molecule has 3 aromatic carbocycles. The molecule has 0 bridgehead atoms. The highest BCUT2D eigenvalue weighted by atomic mass is 35.5. The van der Waals surface area contributed by atoms with Gasteiger partial charge in [0.25, 0.3) is 5.91 Å². The van der Waals surface area contributed by atoms with Gasteiger partial charge in [0.05, 0.1) is 27.8 Å². The smallest absolute Gasteiger partial charge is 0.306 e. The van der Waals surface area contributed by atoms with E-state index in [0.29, 0.717) is 22.6 Å². The molecule has 0 aliphatic rings. The molecule has 0 fully saturated rings. The zero-order valence-corrected chi connectivity index (χ0v) is 20.1. The van der Waals surface area contributed by atoms with Crippen molar-refractivity contribution in [2.24, 2.45) is 0 Å². The molecule has 0 saturated carbocycles. The van der Waals surface area contributed by atoms with Gasteiger partial charge in [-0.1, -0.05) is 54.1 Å². The van der Waals surface area contributed by atoms with E-state index in [1.54, 1.807) is 47.1 Å². The van der Waals surface area contributed by atoms with Crippen LogP contribution in [0.5, 0.6) is 0 Å². The van der Waals surface area contributed by atoms with Gasteiger partial charge in [-0.3, -0.25) is 4.79 Å². The molecule has 0 atom stereocenters. The van der Waals surface area contributed by atoms with E-state index in [9.17, 15) is 18.0 Å². The molecule has 37 heavy (non-hydrogen) atoms. The van der Waals surface area contributed by atoms with Crippen molar-refractivity contribution < 1.29 is 18.0 Å². The van der Waals surface area contributed by atoms with Gasteiger partial charge in [-0.05, 0) is 49.4 Å². The molecule has 5 aromatic rings. The number of nitrogens with one attached hydrogen (secondary N) is 1. The molecule has 6 nitrogen and oxygen atoms in total. The van der Waals surface area contributed by atoms with Gasteiger partial charge in [0.2, 0.25) is 0 Å². The molecule has 0 spiro atoms. The zero-order chi connectivity index (χ0) is 26.2. The van der Waals surface area contributed by atoms with Gasteiger partial charge in [0.1, 0.15) is 5.82 Å². The first-order valence-corrected chi connectivity index (χ1v) is 11.5. The van der Waals surface area contributed by atoms with Gasteiger partial charge in [-0.2, -0.15) is 23.4 Å². The minimum absolute atomic E-state index is 0.185. The number of para-hydroxylation sites is 2. The summed E-state index contributed by atoms with van der Waals surface area (Å²) in [6.45, 7) is 1.82. The van der Waals surface area contributed by atoms with Crippen molar-refractivity contribution in [2.45, 2.75) is 13.1 Å². The minimum atomic E-state index is -4.64. The molecule has 0 radical (unpaired) electrons. The number of rotatable bonds is 5. The third-order valence-corrected chi connectivity index (χ3v) is 5.92. The number of hydrogen-bond acceptors (Lipinski definition) is 3. The Bertz CT molecular complexity index is 1570. The van der Waals surface area contributed by atoms with E-state index >= 15 is 0 Å². The summed E-state index contributed by atoms with van der Waals surface area (Å²) in [4.78, 5) is 13.0. The molecular formula is C27H19ClF3N5O. The van der Waals surface area contributed by atoms with Gasteiger partial charge in [-0.15, -0.1) is 0 Å². The summed E-state index contributed by atoms with van der Waals surface area (Å²) in [6.07, 6.45) is -4.64. The molecule has 1 N–H and O–H groups in total. The first kappa shape index (κ1) is 24.3. The Kier molecular flexibility index (Phi) is 6.31. The number of hydrogen-bond donors (Lipinski definition) is 1. The maximum Gasteiger partial charge on any atom is 0.435 e. The minimum Gasteiger partial charge on any atom is -0.306 e. The molecule has 10 heteroatoms. The fraction of sp³-hybridized carbons (Fsp3) is 0.0741. The number of carbonyl (C=O) groups excluding carboxylic acids is 1. The quantitative estimate of drug-likeness (QED) is 0.272. The molecule has 186 valence electrons. The molecule has 1 amide bonds. The van der Waals surface area contributed by atoms with Crippen LogP contribution in [0.25, 0.3) is 22.6 Å². The van der Waals surface area contributed by atoms with E-state index in [4.69, 9.17) is 11.6 Å². The number of aryl methyl sites for hydroxylation is 1. The fourth-order valence-electron chi connectivity index (χ4n) is 3.87. The molecule has 5 rings (SSSR count). The van der Waals surface area contributed by atoms with Crippen molar-refractivity contribution in [3.63, 3.8) is 0 Å². The number of alkyl halides is 3. The predicted molar refractivity (Wildman–Crippen MR) is 135 cm³/mol. The standard InChI is InChI=1S/C27H19ClF3N5O/c1-17-15-25(35(33-17)20-7-3-2-4-8-20)32-26(37)19-13-11-18(12-14-19)23-16-24(27(29,30)31)34-36(23)22-10-6-5-9-21(22)28/h2-16H,1H3,(H,32,37). The first-order chi connectivity index (χ1) is 17.7. The highest BCUT2D eigenvalue weighted by Crippen LogP contribution is 2.34. The van der Waals surface area contributed by atoms with Crippen molar-refractivity contribution >= 4 is 23.3 Å². The molecule has 0 aliphatic heterocycles. The number of halogens is 4. The Balaban J connectivity index is 1.46. The lowest BCUT2D eigenvalue weighted by atomic mass is 10.1. The van der Waals surface area contributed by atoms with Gasteiger partial charge < -0.3 is 5.32 Å². The summed E-state index contributed by atoms with van der Waals surface area (Å²) in [5.74, 6) is 0.101. The van der Waals surface area contributed by atoms with E-state index in [-0.39, 0.29) is 16.6 Å². The van der Waals surface area contributed by atoms with E-state index in [2.05, 4.69) is 15.5 Å². The van der Waals surface area contributed by atoms with Crippen LogP contribution in [0.1, 0.15) is 21.7 Å². The van der Waals surface area contributed by atoms with Gasteiger partial charge >= 0.3 is 6.18 Å². The Morgan fingerprint density at radius 2 is 1.54 bits per heavy atom. The molecule has 0 aliphatic carbocycles. The van der Waals surface area contributed by atoms with Gasteiger partial charge in [0.15, 0.2) is 5.69 Å². The summed E-state index contributed by atoms with van der Waals surface area (Å²) < 4.78 is 43.2. The summed E-state index contributed by atoms with van der Waals surface area (Å²) in [7, 11) is 0. The third kappa shape index (κ3) is 4.99. The Labute approximate surface area is 214 Å². The van der Waals surface area contributed by atoms with Crippen LogP contribution in [0.15, 0.2) is 91.0 Å². The first-order valence-electron chi connectivity index (χ1n) is 11.2. The van der Waals surface area contributed by atoms with Crippen LogP contribution in [0.2, 0.25) is 5.02 Å². The van der Waals surface area contributed by atoms with Crippen LogP contribution in [-0.2, 0) is 6.18 Å². The van der Waals surface area contributed by atoms with Crippen molar-refractivity contribution in [3.8, 4) is 22.6 Å². The predicted octanol–water partition coefficient (Wildman–Crippen LogP) is 6.96. The third-order valence-electron chi connectivity index (χ3n) is 5.60. The van der Waals surface area contributed by atoms with E-state index in [0.717, 1.165) is 22.1 Å². The molecule has 0 unspecified atom stereocenters. The summed E-state index contributed by atoms with van der Waals surface area (Å²) in [5.41, 5.74) is 1.71. The second-order valence-corrected chi connectivity index (χ2v) is 8.63. The maximum atomic E-state index is 13.5. The fourth-order valence-corrected chi connectivity index (χ4v) is 4.08. The number of anilines is 1. The lowest BCUT2D eigenvalue weighted by Gasteiger charge is -2.11. The largest absolute Gasteiger partial charge is 0.435 e. The topological polar surface area (TPSA) is 64.7 Å². The SMILES string of the molecule is Cc1cc(NC(=O)c2ccc(-c3cc(C(F)(F)F)nn3-c3ccccc3Cl)cc2)n(-c2ccccc2)n1. The highest BCUT2D eigenvalue weighted by molar-refractivity contribution is 6.32. The number of carbonyl (C=O) groups is 1. The molecular weight excluding hydrogens is 503 g/mol. The molecule has 2 aromatic heterocycles. The summed E-state index contributed by atoms with van der Waals surface area (Å²) >= 11 is 6.24. The average Bonchev–Trinajstić information content (AvgIpc) is 3.49. The Morgan fingerprint density at radius 3 is 2.22 bits per heavy atom. The summed E-state index contributed by atoms with van der Waals surface area (Å²) in [6, 6.07) is 24.8. The van der Waals surface area contributed by atoms with E-state index in [1.165, 1.54) is 12.1 Å². The number of amides is 1. The van der Waals surface area contributed by atoms with Gasteiger partial charge in [0, 0.05) is 17.2 Å². The van der Waals surface area contributed by atoms with Crippen LogP contribution in [0.3, 0.4) is 0 Å². The number of aromatic nitrogens is 4. The highest BCUT2D eigenvalue weighted by Gasteiger charge is 2.35. The Morgan fingerprint density at radius 1 is 0.865 bits per heavy atom. The van der Waals surface area contributed by atoms with Crippen molar-refractivity contribution in [3.05, 3.63) is 113 Å². The molecule has 0 saturated heterocycles. The second kappa shape index (κ2) is 9.59. The Hall–Kier alpha value is -4.37. The van der Waals surface area contributed by atoms with Crippen LogP contribution in [-0.4, -0.2) is 25.5 Å². The van der Waals surface area contributed by atoms with E-state index in [1.807, 2.05) is 37.3 Å². The van der Waals surface area contributed by atoms with Crippen LogP contribution in [0, 0.1) is 6.92 Å². The number of benzene rings is 3. The number of nitrogens with zero attached hydrogens (tertiary/aromatic N) is 4. The van der Waals surface area contributed by atoms with Gasteiger partial charge in [-0.25, -0.2) is 9.36 Å². The van der Waals surface area contributed by atoms with E-state index < -0.39 is 11.9 Å². The zero-order valence-electron chi connectivity index (χ0n) is 19.4. The average molecular weight is 522 g/mol. The normalized spacial score (nSPS) is 11.5. The van der Waals surface area contributed by atoms with Crippen molar-refractivity contribution in [1.29, 1.82) is 0 Å². The molecule has 2 heterocycles. The van der Waals surface area contributed by atoms with Crippen LogP contribution >= 0.6 is 11.6 Å². The second-order valence-electron chi connectivity index (χ2n) is 8.23. The maximum absolute atomic E-state index is 13.5. The lowest BCUT2D eigenvalue weighted by Crippen LogP contribution is -2.15. The van der Waals surface area contributed by atoms with Crippen LogP contribution < -0.4 is 5.32 Å². The monoisotopic (exact) mass is 521 g/mol. The van der Waals surface area contributed by atoms with Crippen LogP contribution in [0.4, 0.5) is 19.0 Å². The summed E-state index contributed by atoms with van der Waals surface area (Å²) in [5, 5.41) is 11.3. The lowest BCUT2D eigenvalue weighted by molar-refractivity contribution is -0.141.